The van der Waals surface area contributed by atoms with Gasteiger partial charge in [-0.15, -0.1) is 0 Å². The molecule has 0 amide bonds. The minimum absolute atomic E-state index is 0.647. The van der Waals surface area contributed by atoms with Gasteiger partial charge in [0.1, 0.15) is 0 Å². The minimum Gasteiger partial charge on any atom is -0.369 e. The first-order valence-corrected chi connectivity index (χ1v) is 5.24. The fraction of sp³-hybridized carbons (Fsp3) is 1.00. The predicted molar refractivity (Wildman–Crippen MR) is 42.8 cm³/mol. The Bertz CT molecular complexity index is 204. The topological polar surface area (TPSA) is 25.1 Å². The number of hydrogen-bond acceptors (Lipinski definition) is 2. The molecule has 0 aromatic heterocycles. The summed E-state index contributed by atoms with van der Waals surface area (Å²) in [7, 11) is 0. The monoisotopic (exact) mass is 166 g/mol. The van der Waals surface area contributed by atoms with Gasteiger partial charge in [-0.05, 0) is 37.5 Å². The van der Waals surface area contributed by atoms with Crippen LogP contribution in [-0.2, 0) is 9.47 Å². The van der Waals surface area contributed by atoms with Crippen molar-refractivity contribution in [3.05, 3.63) is 0 Å². The summed E-state index contributed by atoms with van der Waals surface area (Å²) in [5.74, 6) is 1.74. The molecule has 6 atom stereocenters. The molecule has 0 bridgehead atoms. The van der Waals surface area contributed by atoms with Gasteiger partial charge in [0.15, 0.2) is 0 Å². The van der Waals surface area contributed by atoms with E-state index in [1.165, 1.54) is 25.7 Å². The van der Waals surface area contributed by atoms with Gasteiger partial charge in [-0.2, -0.15) is 0 Å². The fourth-order valence-corrected chi connectivity index (χ4v) is 3.49. The number of rotatable bonds is 0. The highest BCUT2D eigenvalue weighted by atomic mass is 16.6. The largest absolute Gasteiger partial charge is 0.369 e. The molecule has 0 aromatic rings. The summed E-state index contributed by atoms with van der Waals surface area (Å²) in [5.41, 5.74) is 0. The molecule has 4 fully saturated rings. The Hall–Kier alpha value is -0.0800. The zero-order chi connectivity index (χ0) is 7.71. The van der Waals surface area contributed by atoms with Crippen molar-refractivity contribution in [2.45, 2.75) is 50.1 Å². The van der Waals surface area contributed by atoms with Crippen LogP contribution in [0.4, 0.5) is 0 Å². The standard InChI is InChI=1S/C10H14O2/c1-3-7-10(11-7)6-2-4-8-9(12-8)5(1)6/h5-10H,1-4H2. The molecule has 2 saturated carbocycles. The van der Waals surface area contributed by atoms with Crippen LogP contribution in [0.2, 0.25) is 0 Å². The van der Waals surface area contributed by atoms with Crippen molar-refractivity contribution in [3.63, 3.8) is 0 Å². The van der Waals surface area contributed by atoms with E-state index in [0.29, 0.717) is 24.4 Å². The maximum atomic E-state index is 5.66. The highest BCUT2D eigenvalue weighted by Crippen LogP contribution is 2.55. The van der Waals surface area contributed by atoms with E-state index in [2.05, 4.69) is 0 Å². The highest BCUT2D eigenvalue weighted by Gasteiger charge is 2.60. The first-order valence-electron chi connectivity index (χ1n) is 5.24. The van der Waals surface area contributed by atoms with Crippen LogP contribution in [0.3, 0.4) is 0 Å². The third kappa shape index (κ3) is 0.686. The Morgan fingerprint density at radius 1 is 0.667 bits per heavy atom. The third-order valence-electron chi connectivity index (χ3n) is 4.21. The van der Waals surface area contributed by atoms with E-state index in [9.17, 15) is 0 Å². The first-order chi connectivity index (χ1) is 5.93. The fourth-order valence-electron chi connectivity index (χ4n) is 3.49. The van der Waals surface area contributed by atoms with Gasteiger partial charge in [-0.25, -0.2) is 0 Å². The molecule has 6 unspecified atom stereocenters. The Morgan fingerprint density at radius 2 is 1.17 bits per heavy atom. The van der Waals surface area contributed by atoms with E-state index in [1.807, 2.05) is 0 Å². The van der Waals surface area contributed by atoms with Crippen molar-refractivity contribution in [2.24, 2.45) is 11.8 Å². The average molecular weight is 166 g/mol. The molecule has 2 aliphatic heterocycles. The van der Waals surface area contributed by atoms with Gasteiger partial charge in [0.2, 0.25) is 0 Å². The smallest absolute Gasteiger partial charge is 0.0873 e. The van der Waals surface area contributed by atoms with E-state index in [-0.39, 0.29) is 0 Å². The van der Waals surface area contributed by atoms with E-state index in [4.69, 9.17) is 9.47 Å². The molecule has 12 heavy (non-hydrogen) atoms. The molecule has 0 radical (unpaired) electrons. The maximum Gasteiger partial charge on any atom is 0.0873 e. The van der Waals surface area contributed by atoms with Crippen LogP contribution in [0, 0.1) is 11.8 Å². The van der Waals surface area contributed by atoms with Crippen molar-refractivity contribution in [2.75, 3.05) is 0 Å². The summed E-state index contributed by atoms with van der Waals surface area (Å²) >= 11 is 0. The molecule has 0 spiro atoms. The molecule has 2 saturated heterocycles. The summed E-state index contributed by atoms with van der Waals surface area (Å²) in [6.07, 6.45) is 7.95. The van der Waals surface area contributed by atoms with Crippen molar-refractivity contribution >= 4 is 0 Å². The van der Waals surface area contributed by atoms with Gasteiger partial charge in [0.25, 0.3) is 0 Å². The SMILES string of the molecule is C1CC2C(CCC3OC32)C2OC12. The van der Waals surface area contributed by atoms with Crippen molar-refractivity contribution in [3.8, 4) is 0 Å². The quantitative estimate of drug-likeness (QED) is 0.507. The zero-order valence-electron chi connectivity index (χ0n) is 7.11. The van der Waals surface area contributed by atoms with Gasteiger partial charge in [0, 0.05) is 0 Å². The first kappa shape index (κ1) is 6.39. The lowest BCUT2D eigenvalue weighted by atomic mass is 9.71. The lowest BCUT2D eigenvalue weighted by molar-refractivity contribution is 0.184. The molecular weight excluding hydrogens is 152 g/mol. The Labute approximate surface area is 72.2 Å². The minimum atomic E-state index is 0.647. The molecule has 0 aromatic carbocycles. The maximum absolute atomic E-state index is 5.66. The van der Waals surface area contributed by atoms with Crippen molar-refractivity contribution in [1.82, 2.24) is 0 Å². The number of fused-ring (bicyclic) bond motifs is 5. The molecule has 4 aliphatic rings. The Kier molecular flexibility index (Phi) is 0.999. The predicted octanol–water partition coefficient (Wildman–Crippen LogP) is 1.34. The lowest BCUT2D eigenvalue weighted by Crippen LogP contribution is -2.34. The van der Waals surface area contributed by atoms with E-state index in [0.717, 1.165) is 11.8 Å². The van der Waals surface area contributed by atoms with Gasteiger partial charge >= 0.3 is 0 Å². The molecular formula is C10H14O2. The van der Waals surface area contributed by atoms with Crippen LogP contribution in [0.25, 0.3) is 0 Å². The van der Waals surface area contributed by atoms with Crippen LogP contribution in [0.5, 0.6) is 0 Å². The lowest BCUT2D eigenvalue weighted by Gasteiger charge is -2.30. The average Bonchev–Trinajstić information content (AvgIpc) is 2.97. The van der Waals surface area contributed by atoms with E-state index < -0.39 is 0 Å². The van der Waals surface area contributed by atoms with Crippen LogP contribution >= 0.6 is 0 Å². The number of epoxide rings is 2. The third-order valence-corrected chi connectivity index (χ3v) is 4.21. The van der Waals surface area contributed by atoms with Crippen LogP contribution in [0.15, 0.2) is 0 Å². The number of hydrogen-bond donors (Lipinski definition) is 0. The van der Waals surface area contributed by atoms with Crippen molar-refractivity contribution < 1.29 is 9.47 Å². The van der Waals surface area contributed by atoms with Gasteiger partial charge in [-0.1, -0.05) is 0 Å². The molecule has 0 N–H and O–H groups in total. The summed E-state index contributed by atoms with van der Waals surface area (Å²) in [6, 6.07) is 0. The summed E-state index contributed by atoms with van der Waals surface area (Å²) < 4.78 is 11.3. The zero-order valence-corrected chi connectivity index (χ0v) is 7.11. The van der Waals surface area contributed by atoms with Crippen LogP contribution < -0.4 is 0 Å². The Morgan fingerprint density at radius 3 is 1.67 bits per heavy atom. The van der Waals surface area contributed by atoms with Gasteiger partial charge in [0.05, 0.1) is 24.4 Å². The molecule has 4 rings (SSSR count). The molecule has 66 valence electrons. The highest BCUT2D eigenvalue weighted by molar-refractivity contribution is 5.07. The Balaban J connectivity index is 1.64. The summed E-state index contributed by atoms with van der Waals surface area (Å²) in [5, 5.41) is 0. The van der Waals surface area contributed by atoms with E-state index in [1.54, 1.807) is 0 Å². The van der Waals surface area contributed by atoms with Crippen molar-refractivity contribution in [1.29, 1.82) is 0 Å². The molecule has 2 heteroatoms. The van der Waals surface area contributed by atoms with Gasteiger partial charge < -0.3 is 9.47 Å². The second-order valence-corrected chi connectivity index (χ2v) is 4.76. The molecule has 2 aliphatic carbocycles. The molecule has 2 heterocycles. The van der Waals surface area contributed by atoms with Gasteiger partial charge in [-0.3, -0.25) is 0 Å². The second-order valence-electron chi connectivity index (χ2n) is 4.76. The van der Waals surface area contributed by atoms with E-state index >= 15 is 0 Å². The van der Waals surface area contributed by atoms with Crippen LogP contribution in [-0.4, -0.2) is 24.4 Å². The second kappa shape index (κ2) is 1.88. The summed E-state index contributed by atoms with van der Waals surface area (Å²) in [4.78, 5) is 0. The summed E-state index contributed by atoms with van der Waals surface area (Å²) in [6.45, 7) is 0. The molecule has 2 nitrogen and oxygen atoms in total. The number of ether oxygens (including phenoxy) is 2. The normalized spacial score (nSPS) is 66.0. The van der Waals surface area contributed by atoms with Crippen LogP contribution in [0.1, 0.15) is 25.7 Å².